The van der Waals surface area contributed by atoms with Crippen LogP contribution >= 0.6 is 0 Å². The van der Waals surface area contributed by atoms with Gasteiger partial charge in [-0.25, -0.2) is 9.78 Å². The van der Waals surface area contributed by atoms with E-state index in [0.29, 0.717) is 24.3 Å². The number of hydrogen-bond acceptors (Lipinski definition) is 5. The molecule has 21 heavy (non-hydrogen) atoms. The fraction of sp³-hybridized carbons (Fsp3) is 0.533. The van der Waals surface area contributed by atoms with Crippen LogP contribution in [-0.4, -0.2) is 55.6 Å². The van der Waals surface area contributed by atoms with Crippen molar-refractivity contribution in [3.05, 3.63) is 23.9 Å². The highest BCUT2D eigenvalue weighted by molar-refractivity contribution is 5.97. The second-order valence-electron chi connectivity index (χ2n) is 5.33. The van der Waals surface area contributed by atoms with Gasteiger partial charge in [-0.2, -0.15) is 0 Å². The lowest BCUT2D eigenvalue weighted by molar-refractivity contribution is -0.147. The topological polar surface area (TPSA) is 62.7 Å². The molecule has 0 spiro atoms. The molecule has 0 saturated carbocycles. The number of hydrogen-bond donors (Lipinski definition) is 0. The summed E-state index contributed by atoms with van der Waals surface area (Å²) in [5.41, 5.74) is 0.546. The Bertz CT molecular complexity index is 531. The van der Waals surface area contributed by atoms with E-state index in [0.717, 1.165) is 12.8 Å². The van der Waals surface area contributed by atoms with Crippen LogP contribution in [0.25, 0.3) is 0 Å². The van der Waals surface area contributed by atoms with E-state index in [1.807, 2.05) is 19.0 Å². The molecule has 0 aromatic carbocycles. The molecule has 1 aromatic heterocycles. The van der Waals surface area contributed by atoms with E-state index in [2.05, 4.69) is 4.98 Å². The van der Waals surface area contributed by atoms with E-state index in [-0.39, 0.29) is 11.9 Å². The number of carbonyl (C=O) groups is 2. The fourth-order valence-electron chi connectivity index (χ4n) is 2.52. The molecule has 1 aliphatic rings. The third kappa shape index (κ3) is 3.32. The highest BCUT2D eigenvalue weighted by Gasteiger charge is 2.33. The molecular weight excluding hydrogens is 270 g/mol. The minimum absolute atomic E-state index is 0.143. The van der Waals surface area contributed by atoms with Crippen LogP contribution in [0.5, 0.6) is 0 Å². The van der Waals surface area contributed by atoms with Crippen molar-refractivity contribution in [2.45, 2.75) is 25.3 Å². The van der Waals surface area contributed by atoms with Crippen LogP contribution in [-0.2, 0) is 9.53 Å². The van der Waals surface area contributed by atoms with Gasteiger partial charge in [0.05, 0.1) is 7.11 Å². The summed E-state index contributed by atoms with van der Waals surface area (Å²) < 4.78 is 4.81. The Balaban J connectivity index is 2.24. The lowest BCUT2D eigenvalue weighted by Crippen LogP contribution is -2.48. The molecule has 1 amide bonds. The van der Waals surface area contributed by atoms with Gasteiger partial charge >= 0.3 is 5.97 Å². The number of methoxy groups -OCH3 is 1. The largest absolute Gasteiger partial charge is 0.467 e. The van der Waals surface area contributed by atoms with Gasteiger partial charge in [0, 0.05) is 32.4 Å². The van der Waals surface area contributed by atoms with E-state index in [4.69, 9.17) is 4.74 Å². The Morgan fingerprint density at radius 2 is 2.14 bits per heavy atom. The second-order valence-corrected chi connectivity index (χ2v) is 5.33. The summed E-state index contributed by atoms with van der Waals surface area (Å²) in [5.74, 6) is 0.230. The number of aromatic nitrogens is 1. The first-order valence-electron chi connectivity index (χ1n) is 7.06. The predicted octanol–water partition coefficient (Wildman–Crippen LogP) is 1.32. The lowest BCUT2D eigenvalue weighted by atomic mass is 10.0. The Morgan fingerprint density at radius 3 is 2.81 bits per heavy atom. The Kier molecular flexibility index (Phi) is 4.77. The molecule has 0 aliphatic carbocycles. The molecule has 114 valence electrons. The molecule has 1 aromatic rings. The molecule has 6 nitrogen and oxygen atoms in total. The van der Waals surface area contributed by atoms with Gasteiger partial charge in [-0.15, -0.1) is 0 Å². The number of esters is 1. The molecule has 1 aliphatic heterocycles. The SMILES string of the molecule is COC(=O)[C@H]1CCCCN1C(=O)c1ccnc(N(C)C)c1. The maximum atomic E-state index is 12.7. The van der Waals surface area contributed by atoms with Crippen molar-refractivity contribution < 1.29 is 14.3 Å². The Hall–Kier alpha value is -2.11. The number of rotatable bonds is 3. The van der Waals surface area contributed by atoms with Crippen LogP contribution in [0.1, 0.15) is 29.6 Å². The first-order chi connectivity index (χ1) is 10.0. The highest BCUT2D eigenvalue weighted by Crippen LogP contribution is 2.21. The predicted molar refractivity (Wildman–Crippen MR) is 79.3 cm³/mol. The normalized spacial score (nSPS) is 18.2. The summed E-state index contributed by atoms with van der Waals surface area (Å²) in [5, 5.41) is 0. The highest BCUT2D eigenvalue weighted by atomic mass is 16.5. The minimum Gasteiger partial charge on any atom is -0.467 e. The number of anilines is 1. The van der Waals surface area contributed by atoms with Crippen molar-refractivity contribution >= 4 is 17.7 Å². The van der Waals surface area contributed by atoms with Gasteiger partial charge in [0.2, 0.25) is 0 Å². The van der Waals surface area contributed by atoms with Crippen molar-refractivity contribution in [3.63, 3.8) is 0 Å². The number of nitrogens with zero attached hydrogens (tertiary/aromatic N) is 3. The third-order valence-corrected chi connectivity index (χ3v) is 3.69. The number of pyridine rings is 1. The van der Waals surface area contributed by atoms with Crippen LogP contribution < -0.4 is 4.90 Å². The Morgan fingerprint density at radius 1 is 1.38 bits per heavy atom. The fourth-order valence-corrected chi connectivity index (χ4v) is 2.52. The standard InChI is InChI=1S/C15H21N3O3/c1-17(2)13-10-11(7-8-16-13)14(19)18-9-5-4-6-12(18)15(20)21-3/h7-8,10,12H,4-6,9H2,1-3H3/t12-/m1/s1. The Labute approximate surface area is 124 Å². The van der Waals surface area contributed by atoms with Crippen LogP contribution in [0.4, 0.5) is 5.82 Å². The molecule has 1 saturated heterocycles. The van der Waals surface area contributed by atoms with E-state index in [9.17, 15) is 9.59 Å². The summed E-state index contributed by atoms with van der Waals surface area (Å²) in [4.78, 5) is 32.2. The quantitative estimate of drug-likeness (QED) is 0.786. The first-order valence-corrected chi connectivity index (χ1v) is 7.06. The van der Waals surface area contributed by atoms with Crippen molar-refractivity contribution in [2.24, 2.45) is 0 Å². The average Bonchev–Trinajstić information content (AvgIpc) is 2.53. The molecule has 0 unspecified atom stereocenters. The summed E-state index contributed by atoms with van der Waals surface area (Å²) in [6, 6.07) is 2.94. The molecule has 1 fully saturated rings. The summed E-state index contributed by atoms with van der Waals surface area (Å²) >= 11 is 0. The summed E-state index contributed by atoms with van der Waals surface area (Å²) in [6.07, 6.45) is 4.11. The number of likely N-dealkylation sites (tertiary alicyclic amines) is 1. The molecule has 1 atom stereocenters. The van der Waals surface area contributed by atoms with E-state index < -0.39 is 6.04 Å². The molecular formula is C15H21N3O3. The second kappa shape index (κ2) is 6.56. The van der Waals surface area contributed by atoms with Crippen molar-refractivity contribution in [1.29, 1.82) is 0 Å². The number of carbonyl (C=O) groups excluding carboxylic acids is 2. The smallest absolute Gasteiger partial charge is 0.328 e. The molecule has 0 bridgehead atoms. The number of piperidine rings is 1. The molecule has 2 rings (SSSR count). The maximum Gasteiger partial charge on any atom is 0.328 e. The van der Waals surface area contributed by atoms with Crippen LogP contribution in [0.15, 0.2) is 18.3 Å². The summed E-state index contributed by atoms with van der Waals surface area (Å²) in [7, 11) is 5.10. The molecule has 0 radical (unpaired) electrons. The maximum absolute atomic E-state index is 12.7. The van der Waals surface area contributed by atoms with Gasteiger partial charge in [-0.05, 0) is 31.4 Å². The molecule has 2 heterocycles. The van der Waals surface area contributed by atoms with Crippen molar-refractivity contribution in [3.8, 4) is 0 Å². The van der Waals surface area contributed by atoms with Crippen LogP contribution in [0.3, 0.4) is 0 Å². The third-order valence-electron chi connectivity index (χ3n) is 3.69. The lowest BCUT2D eigenvalue weighted by Gasteiger charge is -2.33. The van der Waals surface area contributed by atoms with Gasteiger partial charge < -0.3 is 14.5 Å². The van der Waals surface area contributed by atoms with Gasteiger partial charge in [0.1, 0.15) is 11.9 Å². The monoisotopic (exact) mass is 291 g/mol. The zero-order valence-corrected chi connectivity index (χ0v) is 12.7. The van der Waals surface area contributed by atoms with Gasteiger partial charge in [0.15, 0.2) is 0 Å². The van der Waals surface area contributed by atoms with Crippen LogP contribution in [0, 0.1) is 0 Å². The number of amides is 1. The van der Waals surface area contributed by atoms with E-state index in [1.54, 1.807) is 23.2 Å². The van der Waals surface area contributed by atoms with Gasteiger partial charge in [0.25, 0.3) is 5.91 Å². The minimum atomic E-state index is -0.479. The van der Waals surface area contributed by atoms with E-state index >= 15 is 0 Å². The molecule has 0 N–H and O–H groups in total. The van der Waals surface area contributed by atoms with Crippen molar-refractivity contribution in [2.75, 3.05) is 32.6 Å². The van der Waals surface area contributed by atoms with Crippen LogP contribution in [0.2, 0.25) is 0 Å². The number of ether oxygens (including phenoxy) is 1. The van der Waals surface area contributed by atoms with Gasteiger partial charge in [-0.1, -0.05) is 0 Å². The zero-order valence-electron chi connectivity index (χ0n) is 12.7. The summed E-state index contributed by atoms with van der Waals surface area (Å²) in [6.45, 7) is 0.582. The zero-order chi connectivity index (χ0) is 15.4. The van der Waals surface area contributed by atoms with Crippen molar-refractivity contribution in [1.82, 2.24) is 9.88 Å². The average molecular weight is 291 g/mol. The van der Waals surface area contributed by atoms with E-state index in [1.165, 1.54) is 7.11 Å². The first kappa shape index (κ1) is 15.3. The molecule has 6 heteroatoms. The van der Waals surface area contributed by atoms with Gasteiger partial charge in [-0.3, -0.25) is 4.79 Å².